The lowest BCUT2D eigenvalue weighted by atomic mass is 10.2. The molecule has 0 amide bonds. The predicted molar refractivity (Wildman–Crippen MR) is 54.2 cm³/mol. The molecule has 0 aromatic heterocycles. The van der Waals surface area contributed by atoms with E-state index >= 15 is 0 Å². The zero-order chi connectivity index (χ0) is 11.1. The SMILES string of the molecule is Cc1cc(Cl)c(C)c(S(=O)(=O)F)c1Cl. The third-order valence-corrected chi connectivity index (χ3v) is 3.82. The minimum Gasteiger partial charge on any atom is -0.189 e. The summed E-state index contributed by atoms with van der Waals surface area (Å²) in [5.74, 6) is 0. The van der Waals surface area contributed by atoms with Gasteiger partial charge in [-0.1, -0.05) is 23.2 Å². The maximum Gasteiger partial charge on any atom is 0.333 e. The molecule has 78 valence electrons. The molecule has 0 atom stereocenters. The van der Waals surface area contributed by atoms with Gasteiger partial charge in [-0.2, -0.15) is 8.42 Å². The molecular weight excluding hydrogens is 250 g/mol. The Morgan fingerprint density at radius 2 is 1.79 bits per heavy atom. The van der Waals surface area contributed by atoms with Crippen LogP contribution in [-0.4, -0.2) is 8.42 Å². The molecule has 1 aromatic carbocycles. The van der Waals surface area contributed by atoms with E-state index in [-0.39, 0.29) is 15.6 Å². The van der Waals surface area contributed by atoms with Gasteiger partial charge in [0.1, 0.15) is 4.90 Å². The van der Waals surface area contributed by atoms with Crippen LogP contribution in [0.15, 0.2) is 11.0 Å². The molecule has 0 saturated carbocycles. The molecule has 6 heteroatoms. The number of aryl methyl sites for hydroxylation is 1. The zero-order valence-corrected chi connectivity index (χ0v) is 9.76. The monoisotopic (exact) mass is 256 g/mol. The van der Waals surface area contributed by atoms with E-state index in [1.807, 2.05) is 0 Å². The molecule has 0 unspecified atom stereocenters. The van der Waals surface area contributed by atoms with E-state index < -0.39 is 15.1 Å². The van der Waals surface area contributed by atoms with E-state index in [9.17, 15) is 12.3 Å². The second-order valence-corrected chi connectivity index (χ2v) is 4.95. The second kappa shape index (κ2) is 3.68. The van der Waals surface area contributed by atoms with E-state index in [1.165, 1.54) is 13.0 Å². The van der Waals surface area contributed by atoms with Gasteiger partial charge in [0.15, 0.2) is 0 Å². The van der Waals surface area contributed by atoms with Crippen molar-refractivity contribution >= 4 is 33.4 Å². The van der Waals surface area contributed by atoms with Gasteiger partial charge in [0, 0.05) is 5.02 Å². The Morgan fingerprint density at radius 3 is 2.21 bits per heavy atom. The largest absolute Gasteiger partial charge is 0.333 e. The maximum absolute atomic E-state index is 12.8. The van der Waals surface area contributed by atoms with Crippen molar-refractivity contribution in [3.05, 3.63) is 27.2 Å². The van der Waals surface area contributed by atoms with Gasteiger partial charge >= 0.3 is 10.2 Å². The molecule has 0 radical (unpaired) electrons. The number of halogens is 3. The van der Waals surface area contributed by atoms with Crippen molar-refractivity contribution in [3.63, 3.8) is 0 Å². The van der Waals surface area contributed by atoms with Crippen molar-refractivity contribution in [2.75, 3.05) is 0 Å². The fraction of sp³-hybridized carbons (Fsp3) is 0.250. The highest BCUT2D eigenvalue weighted by atomic mass is 35.5. The van der Waals surface area contributed by atoms with E-state index in [1.54, 1.807) is 6.92 Å². The summed E-state index contributed by atoms with van der Waals surface area (Å²) in [5, 5.41) is 0.0672. The van der Waals surface area contributed by atoms with Crippen LogP contribution in [0.3, 0.4) is 0 Å². The van der Waals surface area contributed by atoms with Crippen LogP contribution in [0.25, 0.3) is 0 Å². The first-order valence-electron chi connectivity index (χ1n) is 3.65. The highest BCUT2D eigenvalue weighted by Crippen LogP contribution is 2.34. The molecule has 0 bridgehead atoms. The van der Waals surface area contributed by atoms with Crippen molar-refractivity contribution in [1.29, 1.82) is 0 Å². The van der Waals surface area contributed by atoms with Crippen LogP contribution >= 0.6 is 23.2 Å². The lowest BCUT2D eigenvalue weighted by Gasteiger charge is -2.08. The topological polar surface area (TPSA) is 34.1 Å². The molecule has 0 saturated heterocycles. The van der Waals surface area contributed by atoms with Gasteiger partial charge in [-0.15, -0.1) is 3.89 Å². The summed E-state index contributed by atoms with van der Waals surface area (Å²) in [6.45, 7) is 2.96. The van der Waals surface area contributed by atoms with Crippen LogP contribution in [0.5, 0.6) is 0 Å². The molecule has 0 aliphatic heterocycles. The van der Waals surface area contributed by atoms with E-state index in [4.69, 9.17) is 23.2 Å². The third-order valence-electron chi connectivity index (χ3n) is 1.83. The summed E-state index contributed by atoms with van der Waals surface area (Å²) in [5.41, 5.74) is 0.559. The predicted octanol–water partition coefficient (Wildman–Crippen LogP) is 3.27. The minimum absolute atomic E-state index is 0.116. The molecule has 1 rings (SSSR count). The Labute approximate surface area is 91.9 Å². The Bertz CT molecular complexity index is 456. The number of benzene rings is 1. The lowest BCUT2D eigenvalue weighted by Crippen LogP contribution is -1.99. The Balaban J connectivity index is 3.74. The van der Waals surface area contributed by atoms with Gasteiger partial charge < -0.3 is 0 Å². The molecule has 0 N–H and O–H groups in total. The van der Waals surface area contributed by atoms with Crippen molar-refractivity contribution < 1.29 is 12.3 Å². The average molecular weight is 257 g/mol. The van der Waals surface area contributed by atoms with Crippen LogP contribution in [-0.2, 0) is 10.2 Å². The molecule has 14 heavy (non-hydrogen) atoms. The van der Waals surface area contributed by atoms with Crippen LogP contribution in [0.2, 0.25) is 10.0 Å². The van der Waals surface area contributed by atoms with Gasteiger partial charge in [-0.3, -0.25) is 0 Å². The van der Waals surface area contributed by atoms with Crippen molar-refractivity contribution in [2.45, 2.75) is 18.7 Å². The molecule has 0 spiro atoms. The quantitative estimate of drug-likeness (QED) is 0.723. The third kappa shape index (κ3) is 2.02. The first-order valence-corrected chi connectivity index (χ1v) is 5.79. The number of hydrogen-bond acceptors (Lipinski definition) is 2. The highest BCUT2D eigenvalue weighted by Gasteiger charge is 2.22. The van der Waals surface area contributed by atoms with Gasteiger partial charge in [-0.25, -0.2) is 0 Å². The van der Waals surface area contributed by atoms with Crippen LogP contribution in [0, 0.1) is 13.8 Å². The number of rotatable bonds is 1. The Hall–Kier alpha value is -0.320. The summed E-state index contributed by atoms with van der Waals surface area (Å²) in [4.78, 5) is -0.538. The van der Waals surface area contributed by atoms with Gasteiger partial charge in [0.05, 0.1) is 5.02 Å². The minimum atomic E-state index is -4.83. The lowest BCUT2D eigenvalue weighted by molar-refractivity contribution is 0.551. The van der Waals surface area contributed by atoms with E-state index in [0.717, 1.165) is 0 Å². The van der Waals surface area contributed by atoms with Gasteiger partial charge in [0.2, 0.25) is 0 Å². The highest BCUT2D eigenvalue weighted by molar-refractivity contribution is 7.86. The fourth-order valence-electron chi connectivity index (χ4n) is 1.10. The molecule has 0 aliphatic rings. The van der Waals surface area contributed by atoms with E-state index in [2.05, 4.69) is 0 Å². The van der Waals surface area contributed by atoms with Crippen molar-refractivity contribution in [2.24, 2.45) is 0 Å². The van der Waals surface area contributed by atoms with Gasteiger partial charge in [0.25, 0.3) is 0 Å². The molecule has 0 heterocycles. The van der Waals surface area contributed by atoms with Crippen LogP contribution < -0.4 is 0 Å². The summed E-state index contributed by atoms with van der Waals surface area (Å²) in [6.07, 6.45) is 0. The fourth-order valence-corrected chi connectivity index (χ4v) is 2.74. The Kier molecular flexibility index (Phi) is 3.09. The van der Waals surface area contributed by atoms with Crippen molar-refractivity contribution in [1.82, 2.24) is 0 Å². The Morgan fingerprint density at radius 1 is 1.29 bits per heavy atom. The summed E-state index contributed by atoms with van der Waals surface area (Å²) >= 11 is 11.4. The maximum atomic E-state index is 12.8. The first-order chi connectivity index (χ1) is 6.25. The molecule has 0 fully saturated rings. The molecule has 2 nitrogen and oxygen atoms in total. The van der Waals surface area contributed by atoms with Gasteiger partial charge in [-0.05, 0) is 31.0 Å². The average Bonchev–Trinajstić information content (AvgIpc) is 1.98. The second-order valence-electron chi connectivity index (χ2n) is 2.88. The number of hydrogen-bond donors (Lipinski definition) is 0. The summed E-state index contributed by atoms with van der Waals surface area (Å²) in [7, 11) is -4.83. The van der Waals surface area contributed by atoms with Crippen molar-refractivity contribution in [3.8, 4) is 0 Å². The van der Waals surface area contributed by atoms with Crippen LogP contribution in [0.1, 0.15) is 11.1 Å². The molecule has 1 aromatic rings. The summed E-state index contributed by atoms with van der Waals surface area (Å²) in [6, 6.07) is 1.49. The zero-order valence-electron chi connectivity index (χ0n) is 7.44. The molecule has 0 aliphatic carbocycles. The first kappa shape index (κ1) is 11.8. The smallest absolute Gasteiger partial charge is 0.189 e. The van der Waals surface area contributed by atoms with Crippen LogP contribution in [0.4, 0.5) is 3.89 Å². The summed E-state index contributed by atoms with van der Waals surface area (Å²) < 4.78 is 34.4. The molecular formula is C8H7Cl2FO2S. The normalized spacial score (nSPS) is 11.8. The standard InChI is InChI=1S/C8H7Cl2FO2S/c1-4-3-6(9)5(2)8(7(4)10)14(11,12)13/h3H,1-2H3. The van der Waals surface area contributed by atoms with E-state index in [0.29, 0.717) is 5.56 Å².